The van der Waals surface area contributed by atoms with E-state index in [9.17, 15) is 4.79 Å². The van der Waals surface area contributed by atoms with Gasteiger partial charge in [-0.2, -0.15) is 0 Å². The number of hydrogen-bond donors (Lipinski definition) is 0. The first-order valence-corrected chi connectivity index (χ1v) is 7.52. The van der Waals surface area contributed by atoms with Crippen LogP contribution in [0.5, 0.6) is 0 Å². The van der Waals surface area contributed by atoms with Crippen LogP contribution in [-0.2, 0) is 6.42 Å². The summed E-state index contributed by atoms with van der Waals surface area (Å²) in [6, 6.07) is 4.15. The van der Waals surface area contributed by atoms with Crippen molar-refractivity contribution in [1.82, 2.24) is 9.97 Å². The number of hydrogen-bond acceptors (Lipinski definition) is 3. The Kier molecular flexibility index (Phi) is 3.42. The van der Waals surface area contributed by atoms with E-state index in [1.807, 2.05) is 0 Å². The molecule has 0 radical (unpaired) electrons. The minimum Gasteiger partial charge on any atom is -0.294 e. The van der Waals surface area contributed by atoms with Crippen LogP contribution < -0.4 is 0 Å². The van der Waals surface area contributed by atoms with Crippen LogP contribution >= 0.6 is 15.9 Å². The van der Waals surface area contributed by atoms with E-state index in [0.717, 1.165) is 39.7 Å². The predicted molar refractivity (Wildman–Crippen MR) is 81.9 cm³/mol. The molecule has 0 amide bonds. The van der Waals surface area contributed by atoms with Crippen molar-refractivity contribution < 1.29 is 4.79 Å². The maximum atomic E-state index is 11.8. The van der Waals surface area contributed by atoms with Crippen molar-refractivity contribution >= 4 is 21.7 Å². The second kappa shape index (κ2) is 5.09. The number of nitrogens with zero attached hydrogens (tertiary/aromatic N) is 2. The van der Waals surface area contributed by atoms with Gasteiger partial charge in [-0.15, -0.1) is 0 Å². The van der Waals surface area contributed by atoms with Gasteiger partial charge in [0.15, 0.2) is 11.6 Å². The Bertz CT molecular complexity index is 687. The van der Waals surface area contributed by atoms with Crippen LogP contribution in [0.3, 0.4) is 0 Å². The van der Waals surface area contributed by atoms with Crippen LogP contribution in [0.15, 0.2) is 22.8 Å². The van der Waals surface area contributed by atoms with Gasteiger partial charge in [-0.3, -0.25) is 4.79 Å². The molecule has 0 spiro atoms. The van der Waals surface area contributed by atoms with Crippen molar-refractivity contribution in [2.24, 2.45) is 0 Å². The fraction of sp³-hybridized carbons (Fsp3) is 0.312. The minimum absolute atomic E-state index is 0.168. The highest BCUT2D eigenvalue weighted by atomic mass is 79.9. The number of carbonyl (C=O) groups excluding carboxylic acids is 1. The van der Waals surface area contributed by atoms with Crippen molar-refractivity contribution in [2.75, 3.05) is 0 Å². The van der Waals surface area contributed by atoms with E-state index in [2.05, 4.69) is 51.9 Å². The molecular weight excluding hydrogens is 316 g/mol. The zero-order valence-electron chi connectivity index (χ0n) is 11.5. The predicted octanol–water partition coefficient (Wildman–Crippen LogP) is 4.04. The van der Waals surface area contributed by atoms with Gasteiger partial charge >= 0.3 is 0 Å². The molecular formula is C16H15BrN2O. The lowest BCUT2D eigenvalue weighted by molar-refractivity contribution is 0.0971. The van der Waals surface area contributed by atoms with E-state index in [4.69, 9.17) is 0 Å². The van der Waals surface area contributed by atoms with Gasteiger partial charge in [-0.1, -0.05) is 15.9 Å². The number of benzene rings is 1. The Hall–Kier alpha value is -1.55. The molecule has 3 nitrogen and oxygen atoms in total. The Labute approximate surface area is 126 Å². The minimum atomic E-state index is 0.168. The second-order valence-corrected chi connectivity index (χ2v) is 6.05. The molecule has 0 bridgehead atoms. The van der Waals surface area contributed by atoms with Crippen LogP contribution in [0.25, 0.3) is 11.4 Å². The molecule has 0 saturated carbocycles. The molecule has 102 valence electrons. The van der Waals surface area contributed by atoms with Gasteiger partial charge in [-0.25, -0.2) is 9.97 Å². The number of aryl methyl sites for hydroxylation is 3. The van der Waals surface area contributed by atoms with Gasteiger partial charge in [0.1, 0.15) is 0 Å². The molecule has 1 aliphatic rings. The Morgan fingerprint density at radius 3 is 2.55 bits per heavy atom. The van der Waals surface area contributed by atoms with Gasteiger partial charge < -0.3 is 0 Å². The van der Waals surface area contributed by atoms with Gasteiger partial charge in [0.25, 0.3) is 0 Å². The van der Waals surface area contributed by atoms with E-state index in [1.165, 1.54) is 0 Å². The summed E-state index contributed by atoms with van der Waals surface area (Å²) < 4.78 is 1.12. The van der Waals surface area contributed by atoms with Crippen LogP contribution in [0.2, 0.25) is 0 Å². The molecule has 2 aromatic rings. The summed E-state index contributed by atoms with van der Waals surface area (Å²) in [5.74, 6) is 0.873. The van der Waals surface area contributed by atoms with Gasteiger partial charge in [0.05, 0.1) is 11.3 Å². The van der Waals surface area contributed by atoms with E-state index in [-0.39, 0.29) is 5.78 Å². The standard InChI is InChI=1S/C16H15BrN2O/c1-9-6-11(7-10(2)15(9)17)16-18-8-12-13(19-16)4-3-5-14(12)20/h6-8H,3-5H2,1-2H3. The number of Topliss-reactive ketones (excluding diaryl/α,β-unsaturated/α-hetero) is 1. The molecule has 0 aliphatic heterocycles. The summed E-state index contributed by atoms with van der Waals surface area (Å²) >= 11 is 3.57. The molecule has 3 rings (SSSR count). The lowest BCUT2D eigenvalue weighted by atomic mass is 9.96. The van der Waals surface area contributed by atoms with Gasteiger partial charge in [0, 0.05) is 22.7 Å². The Balaban J connectivity index is 2.09. The molecule has 1 aromatic carbocycles. The van der Waals surface area contributed by atoms with Crippen LogP contribution in [0.1, 0.15) is 40.0 Å². The average molecular weight is 331 g/mol. The van der Waals surface area contributed by atoms with Crippen molar-refractivity contribution in [3.05, 3.63) is 45.2 Å². The van der Waals surface area contributed by atoms with Crippen LogP contribution in [-0.4, -0.2) is 15.8 Å². The van der Waals surface area contributed by atoms with E-state index in [1.54, 1.807) is 6.20 Å². The lowest BCUT2D eigenvalue weighted by Gasteiger charge is -2.14. The highest BCUT2D eigenvalue weighted by Crippen LogP contribution is 2.28. The maximum Gasteiger partial charge on any atom is 0.166 e. The van der Waals surface area contributed by atoms with E-state index < -0.39 is 0 Å². The normalized spacial score (nSPS) is 14.2. The Morgan fingerprint density at radius 2 is 1.85 bits per heavy atom. The van der Waals surface area contributed by atoms with Crippen molar-refractivity contribution in [2.45, 2.75) is 33.1 Å². The number of ketones is 1. The van der Waals surface area contributed by atoms with Crippen LogP contribution in [0.4, 0.5) is 0 Å². The first-order valence-electron chi connectivity index (χ1n) is 6.72. The maximum absolute atomic E-state index is 11.8. The summed E-state index contributed by atoms with van der Waals surface area (Å²) in [6.45, 7) is 4.12. The van der Waals surface area contributed by atoms with Crippen LogP contribution in [0, 0.1) is 13.8 Å². The van der Waals surface area contributed by atoms with E-state index >= 15 is 0 Å². The van der Waals surface area contributed by atoms with Crippen molar-refractivity contribution in [1.29, 1.82) is 0 Å². The molecule has 0 unspecified atom stereocenters. The molecule has 0 fully saturated rings. The third-order valence-electron chi connectivity index (χ3n) is 3.68. The molecule has 0 atom stereocenters. The zero-order valence-corrected chi connectivity index (χ0v) is 13.1. The summed E-state index contributed by atoms with van der Waals surface area (Å²) in [4.78, 5) is 20.8. The molecule has 1 heterocycles. The monoisotopic (exact) mass is 330 g/mol. The highest BCUT2D eigenvalue weighted by Gasteiger charge is 2.19. The third kappa shape index (κ3) is 2.29. The Morgan fingerprint density at radius 1 is 1.15 bits per heavy atom. The van der Waals surface area contributed by atoms with Crippen molar-refractivity contribution in [3.8, 4) is 11.4 Å². The molecule has 20 heavy (non-hydrogen) atoms. The number of halogens is 1. The molecule has 1 aliphatic carbocycles. The molecule has 1 aromatic heterocycles. The quantitative estimate of drug-likeness (QED) is 0.792. The van der Waals surface area contributed by atoms with E-state index in [0.29, 0.717) is 17.8 Å². The molecule has 0 N–H and O–H groups in total. The second-order valence-electron chi connectivity index (χ2n) is 5.25. The zero-order chi connectivity index (χ0) is 14.3. The first kappa shape index (κ1) is 13.4. The number of carbonyl (C=O) groups is 1. The highest BCUT2D eigenvalue weighted by molar-refractivity contribution is 9.10. The summed E-state index contributed by atoms with van der Waals surface area (Å²) in [7, 11) is 0. The van der Waals surface area contributed by atoms with Crippen molar-refractivity contribution in [3.63, 3.8) is 0 Å². The largest absolute Gasteiger partial charge is 0.294 e. The summed E-state index contributed by atoms with van der Waals surface area (Å²) in [6.07, 6.45) is 4.06. The number of aromatic nitrogens is 2. The molecule has 0 saturated heterocycles. The number of rotatable bonds is 1. The first-order chi connectivity index (χ1) is 9.56. The fourth-order valence-electron chi connectivity index (χ4n) is 2.61. The third-order valence-corrected chi connectivity index (χ3v) is 4.93. The smallest absolute Gasteiger partial charge is 0.166 e. The SMILES string of the molecule is Cc1cc(-c2ncc3c(n2)CCCC3=O)cc(C)c1Br. The fourth-order valence-corrected chi connectivity index (χ4v) is 2.83. The van der Waals surface area contributed by atoms with Gasteiger partial charge in [0.2, 0.25) is 0 Å². The molecule has 4 heteroatoms. The lowest BCUT2D eigenvalue weighted by Crippen LogP contribution is -2.13. The topological polar surface area (TPSA) is 42.9 Å². The van der Waals surface area contributed by atoms with Gasteiger partial charge in [-0.05, 0) is 49.9 Å². The average Bonchev–Trinajstić information content (AvgIpc) is 2.44. The summed E-state index contributed by atoms with van der Waals surface area (Å²) in [5, 5.41) is 0. The number of fused-ring (bicyclic) bond motifs is 1. The summed E-state index contributed by atoms with van der Waals surface area (Å²) in [5.41, 5.74) is 4.92.